The van der Waals surface area contributed by atoms with E-state index in [0.717, 1.165) is 22.4 Å². The van der Waals surface area contributed by atoms with E-state index in [-0.39, 0.29) is 18.9 Å². The average Bonchev–Trinajstić information content (AvgIpc) is 1.97. The van der Waals surface area contributed by atoms with Crippen LogP contribution in [-0.2, 0) is 0 Å². The van der Waals surface area contributed by atoms with E-state index >= 15 is 0 Å². The van der Waals surface area contributed by atoms with E-state index in [1.54, 1.807) is 0 Å². The normalized spacial score (nSPS) is 9.42. The molecule has 0 nitrogen and oxygen atoms in total. The van der Waals surface area contributed by atoms with Crippen LogP contribution in [0, 0.1) is 6.07 Å². The number of halogens is 5. The van der Waals surface area contributed by atoms with Gasteiger partial charge in [0.15, 0.2) is 0 Å². The predicted octanol–water partition coefficient (Wildman–Crippen LogP) is 2.30. The maximum absolute atomic E-state index is 3.41. The van der Waals surface area contributed by atoms with Gasteiger partial charge in [-0.25, -0.2) is 0 Å². The Bertz CT molecular complexity index is 272. The summed E-state index contributed by atoms with van der Waals surface area (Å²) in [6.45, 7) is 0. The summed E-state index contributed by atoms with van der Waals surface area (Å²) in [5.74, 6) is 0. The maximum atomic E-state index is 3.41. The van der Waals surface area contributed by atoms with Gasteiger partial charge in [-0.1, -0.05) is 70.2 Å². The van der Waals surface area contributed by atoms with E-state index in [0.29, 0.717) is 0 Å². The zero-order valence-electron chi connectivity index (χ0n) is 5.89. The summed E-state index contributed by atoms with van der Waals surface area (Å²) in [7, 11) is 0. The molecule has 0 unspecified atom stereocenters. The van der Waals surface area contributed by atoms with Crippen molar-refractivity contribution >= 4 is 79.6 Å². The van der Waals surface area contributed by atoms with Crippen LogP contribution in [-0.4, -0.2) is 0 Å². The van der Waals surface area contributed by atoms with Gasteiger partial charge in [0.1, 0.15) is 0 Å². The van der Waals surface area contributed by atoms with Crippen LogP contribution in [0.25, 0.3) is 0 Å². The Morgan fingerprint density at radius 1 is 0.667 bits per heavy atom. The van der Waals surface area contributed by atoms with Crippen LogP contribution in [0.15, 0.2) is 22.4 Å². The second-order valence-corrected chi connectivity index (χ2v) is 5.66. The van der Waals surface area contributed by atoms with Crippen molar-refractivity contribution in [1.29, 1.82) is 0 Å². The minimum Gasteiger partial charge on any atom is -0.152 e. The molecule has 0 aromatic heterocycles. The first kappa shape index (κ1) is 14.2. The van der Waals surface area contributed by atoms with E-state index in [2.05, 4.69) is 85.7 Å². The Hall–Kier alpha value is 2.22. The third-order valence-electron chi connectivity index (χ3n) is 0.990. The molecule has 0 aliphatic carbocycles. The Balaban J connectivity index is 0.00000121. The fourth-order valence-electron chi connectivity index (χ4n) is 0.495. The standard InChI is InChI=1S/C6Br5.Li/c7-2-1-3(8)5(10)6(11)4(2)9;/q-1;+1. The van der Waals surface area contributed by atoms with Gasteiger partial charge in [0.25, 0.3) is 0 Å². The SMILES string of the molecule is Brc1[c-]c(Br)c(Br)c(Br)c1Br.[Li+]. The predicted molar refractivity (Wildman–Crippen MR) is 63.8 cm³/mol. The van der Waals surface area contributed by atoms with Gasteiger partial charge in [0, 0.05) is 0 Å². The Labute approximate surface area is 125 Å². The summed E-state index contributed by atoms with van der Waals surface area (Å²) in [4.78, 5) is 0. The molecule has 1 aromatic rings. The van der Waals surface area contributed by atoms with Crippen molar-refractivity contribution in [3.63, 3.8) is 0 Å². The Morgan fingerprint density at radius 3 is 1.33 bits per heavy atom. The van der Waals surface area contributed by atoms with Crippen LogP contribution in [0.1, 0.15) is 0 Å². The van der Waals surface area contributed by atoms with Gasteiger partial charge in [0.05, 0.1) is 0 Å². The smallest absolute Gasteiger partial charge is 0.152 e. The molecular weight excluding hydrogens is 479 g/mol. The molecule has 0 amide bonds. The number of hydrogen-bond donors (Lipinski definition) is 0. The topological polar surface area (TPSA) is 0 Å². The summed E-state index contributed by atoms with van der Waals surface area (Å²) < 4.78 is 4.65. The van der Waals surface area contributed by atoms with Crippen molar-refractivity contribution < 1.29 is 18.9 Å². The summed E-state index contributed by atoms with van der Waals surface area (Å²) in [5.41, 5.74) is 0. The fourth-order valence-corrected chi connectivity index (χ4v) is 3.34. The van der Waals surface area contributed by atoms with Crippen molar-refractivity contribution in [3.05, 3.63) is 28.4 Å². The molecule has 0 bridgehead atoms. The van der Waals surface area contributed by atoms with Crippen molar-refractivity contribution in [1.82, 2.24) is 0 Å². The van der Waals surface area contributed by atoms with Crippen LogP contribution < -0.4 is 18.9 Å². The van der Waals surface area contributed by atoms with Crippen LogP contribution >= 0.6 is 79.6 Å². The van der Waals surface area contributed by atoms with Crippen molar-refractivity contribution in [2.45, 2.75) is 0 Å². The van der Waals surface area contributed by atoms with Crippen LogP contribution in [0.4, 0.5) is 0 Å². The molecule has 0 saturated heterocycles. The number of rotatable bonds is 0. The Morgan fingerprint density at radius 2 is 1.00 bits per heavy atom. The summed E-state index contributed by atoms with van der Waals surface area (Å²) in [6.07, 6.45) is 0. The van der Waals surface area contributed by atoms with Gasteiger partial charge < -0.3 is 0 Å². The van der Waals surface area contributed by atoms with Gasteiger partial charge in [-0.3, -0.25) is 0 Å². The monoisotopic (exact) mass is 474 g/mol. The minimum absolute atomic E-state index is 0. The van der Waals surface area contributed by atoms with Crippen LogP contribution in [0.5, 0.6) is 0 Å². The van der Waals surface area contributed by atoms with E-state index in [9.17, 15) is 0 Å². The molecular formula is C6Br5Li. The van der Waals surface area contributed by atoms with Gasteiger partial charge in [-0.2, -0.15) is 6.07 Å². The van der Waals surface area contributed by atoms with Gasteiger partial charge in [0.2, 0.25) is 0 Å². The van der Waals surface area contributed by atoms with Crippen LogP contribution in [0.2, 0.25) is 0 Å². The van der Waals surface area contributed by atoms with E-state index < -0.39 is 0 Å². The molecule has 1 aromatic carbocycles. The first-order valence-corrected chi connectivity index (χ1v) is 6.41. The summed E-state index contributed by atoms with van der Waals surface area (Å²) >= 11 is 16.9. The quantitative estimate of drug-likeness (QED) is 0.232. The zero-order chi connectivity index (χ0) is 8.59. The van der Waals surface area contributed by atoms with E-state index in [1.807, 2.05) is 0 Å². The molecule has 1 rings (SSSR count). The summed E-state index contributed by atoms with van der Waals surface area (Å²) in [5, 5.41) is 0. The van der Waals surface area contributed by atoms with Gasteiger partial charge >= 0.3 is 18.9 Å². The molecule has 0 spiro atoms. The van der Waals surface area contributed by atoms with Crippen molar-refractivity contribution in [2.75, 3.05) is 0 Å². The molecule has 0 heterocycles. The number of hydrogen-bond acceptors (Lipinski definition) is 0. The van der Waals surface area contributed by atoms with Crippen LogP contribution in [0.3, 0.4) is 0 Å². The second-order valence-electron chi connectivity index (χ2n) is 1.69. The first-order valence-electron chi connectivity index (χ1n) is 2.44. The molecule has 0 aliphatic rings. The molecule has 0 atom stereocenters. The molecule has 60 valence electrons. The molecule has 0 saturated carbocycles. The molecule has 12 heavy (non-hydrogen) atoms. The third kappa shape index (κ3) is 3.11. The number of benzene rings is 1. The minimum atomic E-state index is 0. The molecule has 6 heteroatoms. The third-order valence-corrected chi connectivity index (χ3v) is 6.69. The second kappa shape index (κ2) is 5.94. The molecule has 0 aliphatic heterocycles. The average molecular weight is 479 g/mol. The first-order chi connectivity index (χ1) is 5.04. The summed E-state index contributed by atoms with van der Waals surface area (Å²) in [6, 6.07) is 3.06. The largest absolute Gasteiger partial charge is 1.00 e. The molecule has 0 fully saturated rings. The fraction of sp³-hybridized carbons (Fsp3) is 0. The van der Waals surface area contributed by atoms with Gasteiger partial charge in [-0.15, -0.1) is 31.9 Å². The van der Waals surface area contributed by atoms with E-state index in [1.165, 1.54) is 0 Å². The van der Waals surface area contributed by atoms with Crippen molar-refractivity contribution in [2.24, 2.45) is 0 Å². The zero-order valence-corrected chi connectivity index (χ0v) is 13.8. The Kier molecular flexibility index (Phi) is 7.04. The van der Waals surface area contributed by atoms with E-state index in [4.69, 9.17) is 0 Å². The molecule has 0 N–H and O–H groups in total. The van der Waals surface area contributed by atoms with Gasteiger partial charge in [-0.05, 0) is 0 Å². The van der Waals surface area contributed by atoms with Crippen molar-refractivity contribution in [3.8, 4) is 0 Å². The molecule has 0 radical (unpaired) electrons. The maximum Gasteiger partial charge on any atom is 1.00 e.